The van der Waals surface area contributed by atoms with Crippen molar-refractivity contribution in [2.45, 2.75) is 39.2 Å². The van der Waals surface area contributed by atoms with Gasteiger partial charge in [0.15, 0.2) is 0 Å². The third-order valence-corrected chi connectivity index (χ3v) is 3.30. The summed E-state index contributed by atoms with van der Waals surface area (Å²) < 4.78 is 0. The molecule has 0 amide bonds. The van der Waals surface area contributed by atoms with Gasteiger partial charge in [-0.15, -0.1) is 0 Å². The highest BCUT2D eigenvalue weighted by Gasteiger charge is 2.19. The summed E-state index contributed by atoms with van der Waals surface area (Å²) in [5.74, 6) is 0. The van der Waals surface area contributed by atoms with E-state index < -0.39 is 0 Å². The van der Waals surface area contributed by atoms with Crippen molar-refractivity contribution >= 4 is 0 Å². The second kappa shape index (κ2) is 3.74. The molecular weight excluding hydrogens is 170 g/mol. The quantitative estimate of drug-likeness (QED) is 0.716. The van der Waals surface area contributed by atoms with Crippen LogP contribution in [-0.2, 0) is 6.42 Å². The summed E-state index contributed by atoms with van der Waals surface area (Å²) in [6, 6.07) is 5.23. The minimum atomic E-state index is 0.581. The first-order valence-electron chi connectivity index (χ1n) is 5.49. The third kappa shape index (κ3) is 1.57. The van der Waals surface area contributed by atoms with E-state index >= 15 is 0 Å². The van der Waals surface area contributed by atoms with Crippen LogP contribution < -0.4 is 5.32 Å². The third-order valence-electron chi connectivity index (χ3n) is 3.30. The van der Waals surface area contributed by atoms with E-state index in [0.717, 1.165) is 0 Å². The molecule has 1 aliphatic rings. The SMILES string of the molecule is CNC1CCCc2c(C)cc(C)cc21. The van der Waals surface area contributed by atoms with Gasteiger partial charge in [-0.2, -0.15) is 0 Å². The molecule has 76 valence electrons. The minimum absolute atomic E-state index is 0.581. The summed E-state index contributed by atoms with van der Waals surface area (Å²) in [4.78, 5) is 0. The van der Waals surface area contributed by atoms with Crippen LogP contribution in [0.25, 0.3) is 0 Å². The molecule has 14 heavy (non-hydrogen) atoms. The number of hydrogen-bond donors (Lipinski definition) is 1. The van der Waals surface area contributed by atoms with E-state index in [0.29, 0.717) is 6.04 Å². The zero-order valence-electron chi connectivity index (χ0n) is 9.35. The number of aryl methyl sites for hydroxylation is 2. The van der Waals surface area contributed by atoms with Gasteiger partial charge in [0.1, 0.15) is 0 Å². The number of benzene rings is 1. The maximum Gasteiger partial charge on any atom is 0.0320 e. The second-order valence-corrected chi connectivity index (χ2v) is 4.38. The molecule has 0 radical (unpaired) electrons. The Balaban J connectivity index is 2.51. The molecule has 1 N–H and O–H groups in total. The fraction of sp³-hybridized carbons (Fsp3) is 0.538. The zero-order chi connectivity index (χ0) is 10.1. The first-order valence-corrected chi connectivity index (χ1v) is 5.49. The highest BCUT2D eigenvalue weighted by molar-refractivity contribution is 5.41. The van der Waals surface area contributed by atoms with E-state index in [-0.39, 0.29) is 0 Å². The van der Waals surface area contributed by atoms with E-state index in [1.54, 1.807) is 5.56 Å². The summed E-state index contributed by atoms with van der Waals surface area (Å²) in [7, 11) is 2.07. The van der Waals surface area contributed by atoms with Crippen molar-refractivity contribution in [3.63, 3.8) is 0 Å². The van der Waals surface area contributed by atoms with Crippen LogP contribution in [-0.4, -0.2) is 7.05 Å². The van der Waals surface area contributed by atoms with Crippen molar-refractivity contribution in [1.82, 2.24) is 5.32 Å². The highest BCUT2D eigenvalue weighted by Crippen LogP contribution is 2.32. The molecule has 1 aliphatic carbocycles. The van der Waals surface area contributed by atoms with Crippen LogP contribution in [0.5, 0.6) is 0 Å². The monoisotopic (exact) mass is 189 g/mol. The zero-order valence-corrected chi connectivity index (χ0v) is 9.35. The van der Waals surface area contributed by atoms with Gasteiger partial charge in [-0.3, -0.25) is 0 Å². The van der Waals surface area contributed by atoms with E-state index in [1.807, 2.05) is 0 Å². The Kier molecular flexibility index (Phi) is 2.60. The first kappa shape index (κ1) is 9.72. The molecule has 0 fully saturated rings. The summed E-state index contributed by atoms with van der Waals surface area (Å²) in [5.41, 5.74) is 5.99. The Morgan fingerprint density at radius 3 is 2.79 bits per heavy atom. The molecule has 1 unspecified atom stereocenters. The molecule has 1 heteroatoms. The van der Waals surface area contributed by atoms with Gasteiger partial charge in [-0.25, -0.2) is 0 Å². The van der Waals surface area contributed by atoms with Crippen molar-refractivity contribution in [1.29, 1.82) is 0 Å². The van der Waals surface area contributed by atoms with Gasteiger partial charge in [0.25, 0.3) is 0 Å². The van der Waals surface area contributed by atoms with Crippen LogP contribution in [0.1, 0.15) is 41.1 Å². The molecule has 0 aliphatic heterocycles. The molecule has 0 saturated heterocycles. The normalized spacial score (nSPS) is 20.6. The lowest BCUT2D eigenvalue weighted by atomic mass is 9.84. The van der Waals surface area contributed by atoms with Crippen LogP contribution >= 0.6 is 0 Å². The lowest BCUT2D eigenvalue weighted by Gasteiger charge is -2.27. The van der Waals surface area contributed by atoms with Crippen molar-refractivity contribution in [2.24, 2.45) is 0 Å². The summed E-state index contributed by atoms with van der Waals surface area (Å²) in [5, 5.41) is 3.41. The van der Waals surface area contributed by atoms with Gasteiger partial charge in [0, 0.05) is 6.04 Å². The van der Waals surface area contributed by atoms with Crippen LogP contribution in [0, 0.1) is 13.8 Å². The lowest BCUT2D eigenvalue weighted by Crippen LogP contribution is -2.22. The maximum atomic E-state index is 3.41. The molecule has 0 heterocycles. The van der Waals surface area contributed by atoms with Gasteiger partial charge in [-0.1, -0.05) is 17.7 Å². The van der Waals surface area contributed by atoms with Crippen LogP contribution in [0.15, 0.2) is 12.1 Å². The van der Waals surface area contributed by atoms with Crippen molar-refractivity contribution < 1.29 is 0 Å². The average molecular weight is 189 g/mol. The van der Waals surface area contributed by atoms with Gasteiger partial charge in [0.2, 0.25) is 0 Å². The van der Waals surface area contributed by atoms with E-state index in [1.165, 1.54) is 36.0 Å². The van der Waals surface area contributed by atoms with Crippen LogP contribution in [0.3, 0.4) is 0 Å². The van der Waals surface area contributed by atoms with Crippen molar-refractivity contribution in [2.75, 3.05) is 7.05 Å². The topological polar surface area (TPSA) is 12.0 Å². The number of hydrogen-bond acceptors (Lipinski definition) is 1. The van der Waals surface area contributed by atoms with Crippen molar-refractivity contribution in [3.8, 4) is 0 Å². The number of rotatable bonds is 1. The van der Waals surface area contributed by atoms with Gasteiger partial charge >= 0.3 is 0 Å². The maximum absolute atomic E-state index is 3.41. The Bertz CT molecular complexity index is 341. The molecule has 0 aromatic heterocycles. The van der Waals surface area contributed by atoms with Gasteiger partial charge in [-0.05, 0) is 56.8 Å². The first-order chi connectivity index (χ1) is 6.72. The molecule has 1 aromatic carbocycles. The predicted molar refractivity (Wildman–Crippen MR) is 60.7 cm³/mol. The average Bonchev–Trinajstić information content (AvgIpc) is 2.17. The second-order valence-electron chi connectivity index (χ2n) is 4.38. The fourth-order valence-electron chi connectivity index (χ4n) is 2.62. The van der Waals surface area contributed by atoms with Gasteiger partial charge < -0.3 is 5.32 Å². The summed E-state index contributed by atoms with van der Waals surface area (Å²) >= 11 is 0. The molecule has 0 bridgehead atoms. The van der Waals surface area contributed by atoms with Gasteiger partial charge in [0.05, 0.1) is 0 Å². The lowest BCUT2D eigenvalue weighted by molar-refractivity contribution is 0.495. The van der Waals surface area contributed by atoms with E-state index in [9.17, 15) is 0 Å². The summed E-state index contributed by atoms with van der Waals surface area (Å²) in [6.07, 6.45) is 3.87. The summed E-state index contributed by atoms with van der Waals surface area (Å²) in [6.45, 7) is 4.43. The Labute approximate surface area is 86.5 Å². The molecule has 0 spiro atoms. The fourth-order valence-corrected chi connectivity index (χ4v) is 2.62. The Morgan fingerprint density at radius 1 is 1.29 bits per heavy atom. The Hall–Kier alpha value is -0.820. The molecule has 1 aromatic rings. The van der Waals surface area contributed by atoms with E-state index in [2.05, 4.69) is 38.3 Å². The van der Waals surface area contributed by atoms with Crippen molar-refractivity contribution in [3.05, 3.63) is 34.4 Å². The number of fused-ring (bicyclic) bond motifs is 1. The molecule has 1 nitrogen and oxygen atoms in total. The van der Waals surface area contributed by atoms with E-state index in [4.69, 9.17) is 0 Å². The molecule has 2 rings (SSSR count). The largest absolute Gasteiger partial charge is 0.313 e. The number of nitrogens with one attached hydrogen (secondary N) is 1. The minimum Gasteiger partial charge on any atom is -0.313 e. The molecule has 1 atom stereocenters. The Morgan fingerprint density at radius 2 is 2.07 bits per heavy atom. The highest BCUT2D eigenvalue weighted by atomic mass is 14.9. The smallest absolute Gasteiger partial charge is 0.0320 e. The molecule has 0 saturated carbocycles. The predicted octanol–water partition coefficient (Wildman–Crippen LogP) is 2.90. The van der Waals surface area contributed by atoms with Crippen LogP contribution in [0.4, 0.5) is 0 Å². The standard InChI is InChI=1S/C13H19N/c1-9-7-10(2)11-5-4-6-13(14-3)12(11)8-9/h7-8,13-14H,4-6H2,1-3H3. The van der Waals surface area contributed by atoms with Crippen LogP contribution in [0.2, 0.25) is 0 Å². The molecular formula is C13H19N.